The van der Waals surface area contributed by atoms with Crippen molar-refractivity contribution in [2.75, 3.05) is 26.2 Å². The third-order valence-electron chi connectivity index (χ3n) is 6.58. The largest absolute Gasteiger partial charge is 0.416 e. The molecule has 2 aliphatic heterocycles. The molecule has 1 aromatic heterocycles. The molecule has 0 saturated carbocycles. The van der Waals surface area contributed by atoms with Crippen LogP contribution in [0.15, 0.2) is 30.3 Å². The lowest BCUT2D eigenvalue weighted by Crippen LogP contribution is -2.39. The summed E-state index contributed by atoms with van der Waals surface area (Å²) in [6, 6.07) is 7.01. The minimum Gasteiger partial charge on any atom is -0.351 e. The van der Waals surface area contributed by atoms with Crippen molar-refractivity contribution in [3.8, 4) is 0 Å². The summed E-state index contributed by atoms with van der Waals surface area (Å²) in [6.07, 6.45) is 0.110. The molecule has 1 aromatic carbocycles. The van der Waals surface area contributed by atoms with Gasteiger partial charge in [0.05, 0.1) is 12.1 Å². The van der Waals surface area contributed by atoms with E-state index < -0.39 is 11.7 Å². The van der Waals surface area contributed by atoms with Gasteiger partial charge in [-0.3, -0.25) is 14.3 Å². The van der Waals surface area contributed by atoms with Crippen LogP contribution in [0.3, 0.4) is 0 Å². The lowest BCUT2D eigenvalue weighted by atomic mass is 10.0. The first-order valence-corrected chi connectivity index (χ1v) is 11.8. The van der Waals surface area contributed by atoms with Gasteiger partial charge in [-0.05, 0) is 50.4 Å². The predicted octanol–water partition coefficient (Wildman–Crippen LogP) is 3.55. The molecule has 10 heteroatoms. The van der Waals surface area contributed by atoms with Gasteiger partial charge in [0.25, 0.3) is 11.8 Å². The Morgan fingerprint density at radius 3 is 2.76 bits per heavy atom. The monoisotopic (exact) mass is 477 g/mol. The quantitative estimate of drug-likeness (QED) is 0.620. The summed E-state index contributed by atoms with van der Waals surface area (Å²) in [5.74, 6) is -0.680. The van der Waals surface area contributed by atoms with E-state index in [0.29, 0.717) is 31.2 Å². The molecule has 0 spiro atoms. The maximum Gasteiger partial charge on any atom is 0.416 e. The summed E-state index contributed by atoms with van der Waals surface area (Å²) >= 11 is 0. The number of benzene rings is 1. The molecule has 7 nitrogen and oxygen atoms in total. The highest BCUT2D eigenvalue weighted by atomic mass is 19.4. The van der Waals surface area contributed by atoms with Crippen LogP contribution in [0.2, 0.25) is 0 Å². The van der Waals surface area contributed by atoms with Gasteiger partial charge < -0.3 is 15.1 Å². The molecule has 0 unspecified atom stereocenters. The average molecular weight is 478 g/mol. The lowest BCUT2D eigenvalue weighted by molar-refractivity contribution is -0.137. The Balaban J connectivity index is 1.32. The number of fused-ring (bicyclic) bond motifs is 1. The molecular weight excluding hydrogens is 447 g/mol. The summed E-state index contributed by atoms with van der Waals surface area (Å²) in [4.78, 5) is 29.4. The van der Waals surface area contributed by atoms with Crippen molar-refractivity contribution in [1.29, 1.82) is 0 Å². The van der Waals surface area contributed by atoms with Crippen LogP contribution in [-0.4, -0.2) is 63.6 Å². The summed E-state index contributed by atoms with van der Waals surface area (Å²) < 4.78 is 40.5. The molecule has 2 aromatic rings. The van der Waals surface area contributed by atoms with Gasteiger partial charge in [0.15, 0.2) is 5.69 Å². The molecule has 0 radical (unpaired) electrons. The fourth-order valence-corrected chi connectivity index (χ4v) is 4.63. The molecule has 2 amide bonds. The van der Waals surface area contributed by atoms with Crippen LogP contribution in [0.4, 0.5) is 13.2 Å². The van der Waals surface area contributed by atoms with Crippen LogP contribution in [0.25, 0.3) is 0 Å². The normalized spacial score (nSPS) is 19.2. The fraction of sp³-hybridized carbons (Fsp3) is 0.542. The zero-order valence-electron chi connectivity index (χ0n) is 19.3. The molecule has 1 N–H and O–H groups in total. The number of carbonyl (C=O) groups excluding carboxylic acids is 2. The lowest BCUT2D eigenvalue weighted by Gasteiger charge is -2.33. The van der Waals surface area contributed by atoms with Crippen molar-refractivity contribution in [1.82, 2.24) is 24.9 Å². The number of amides is 2. The maximum atomic E-state index is 13.0. The maximum absolute atomic E-state index is 13.0. The van der Waals surface area contributed by atoms with E-state index in [9.17, 15) is 22.8 Å². The number of halogens is 3. The van der Waals surface area contributed by atoms with Crippen LogP contribution in [-0.2, 0) is 19.3 Å². The minimum absolute atomic E-state index is 0.0599. The SMILES string of the molecule is C[C@@H]1CCCCN1CCCNC(=O)c1cc2n(n1)CCN(Cc1cccc(C(F)(F)F)c1)C2=O. The first-order valence-electron chi connectivity index (χ1n) is 11.8. The van der Waals surface area contributed by atoms with Gasteiger partial charge in [-0.15, -0.1) is 0 Å². The first-order chi connectivity index (χ1) is 16.2. The molecule has 4 rings (SSSR count). The first kappa shape index (κ1) is 24.3. The van der Waals surface area contributed by atoms with Crippen molar-refractivity contribution in [2.24, 2.45) is 0 Å². The Kier molecular flexibility index (Phi) is 7.25. The van der Waals surface area contributed by atoms with Gasteiger partial charge in [0.1, 0.15) is 5.69 Å². The number of piperidine rings is 1. The molecule has 3 heterocycles. The van der Waals surface area contributed by atoms with E-state index >= 15 is 0 Å². The third-order valence-corrected chi connectivity index (χ3v) is 6.58. The van der Waals surface area contributed by atoms with E-state index in [1.807, 2.05) is 0 Å². The van der Waals surface area contributed by atoms with Crippen molar-refractivity contribution >= 4 is 11.8 Å². The number of nitrogens with one attached hydrogen (secondary N) is 1. The Morgan fingerprint density at radius 1 is 1.18 bits per heavy atom. The zero-order chi connectivity index (χ0) is 24.3. The second-order valence-electron chi connectivity index (χ2n) is 9.05. The van der Waals surface area contributed by atoms with Crippen LogP contribution in [0.5, 0.6) is 0 Å². The predicted molar refractivity (Wildman–Crippen MR) is 120 cm³/mol. The minimum atomic E-state index is -4.44. The van der Waals surface area contributed by atoms with Gasteiger partial charge in [-0.2, -0.15) is 18.3 Å². The van der Waals surface area contributed by atoms with Crippen molar-refractivity contribution < 1.29 is 22.8 Å². The van der Waals surface area contributed by atoms with Crippen molar-refractivity contribution in [2.45, 2.75) is 57.9 Å². The number of hydrogen-bond acceptors (Lipinski definition) is 4. The highest BCUT2D eigenvalue weighted by Crippen LogP contribution is 2.30. The highest BCUT2D eigenvalue weighted by molar-refractivity contribution is 5.98. The van der Waals surface area contributed by atoms with E-state index in [2.05, 4.69) is 22.2 Å². The number of nitrogens with zero attached hydrogens (tertiary/aromatic N) is 4. The topological polar surface area (TPSA) is 70.5 Å². The van der Waals surface area contributed by atoms with E-state index in [-0.39, 0.29) is 29.7 Å². The standard InChI is InChI=1S/C24H30F3N5O2/c1-17-6-2-3-10-30(17)11-5-9-28-22(33)20-15-21-23(34)31(12-13-32(21)29-20)16-18-7-4-8-19(14-18)24(25,26)27/h4,7-8,14-15,17H,2-3,5-6,9-13,16H2,1H3,(H,28,33)/t17-/m1/s1. The number of alkyl halides is 3. The van der Waals surface area contributed by atoms with Gasteiger partial charge in [0, 0.05) is 38.3 Å². The molecule has 0 bridgehead atoms. The number of hydrogen-bond donors (Lipinski definition) is 1. The highest BCUT2D eigenvalue weighted by Gasteiger charge is 2.31. The molecule has 184 valence electrons. The summed E-state index contributed by atoms with van der Waals surface area (Å²) in [5, 5.41) is 7.14. The molecule has 34 heavy (non-hydrogen) atoms. The molecule has 1 fully saturated rings. The molecule has 2 aliphatic rings. The van der Waals surface area contributed by atoms with E-state index in [0.717, 1.165) is 31.6 Å². The fourth-order valence-electron chi connectivity index (χ4n) is 4.63. The molecule has 1 atom stereocenters. The summed E-state index contributed by atoms with van der Waals surface area (Å²) in [6.45, 7) is 5.54. The van der Waals surface area contributed by atoms with Crippen LogP contribution in [0.1, 0.15) is 64.7 Å². The zero-order valence-corrected chi connectivity index (χ0v) is 19.3. The Hall–Kier alpha value is -2.88. The number of aromatic nitrogens is 2. The molecular formula is C24H30F3N5O2. The third kappa shape index (κ3) is 5.60. The molecule has 1 saturated heterocycles. The second kappa shape index (κ2) is 10.2. The van der Waals surface area contributed by atoms with E-state index in [1.165, 1.54) is 41.0 Å². The summed E-state index contributed by atoms with van der Waals surface area (Å²) in [5.41, 5.74) is 0.103. The van der Waals surface area contributed by atoms with Gasteiger partial charge in [-0.25, -0.2) is 0 Å². The average Bonchev–Trinajstić information content (AvgIpc) is 3.25. The number of carbonyl (C=O) groups is 2. The van der Waals surface area contributed by atoms with Gasteiger partial charge in [0.2, 0.25) is 0 Å². The van der Waals surface area contributed by atoms with Gasteiger partial charge >= 0.3 is 6.18 Å². The van der Waals surface area contributed by atoms with Gasteiger partial charge in [-0.1, -0.05) is 18.6 Å². The van der Waals surface area contributed by atoms with Crippen LogP contribution < -0.4 is 5.32 Å². The van der Waals surface area contributed by atoms with E-state index in [1.54, 1.807) is 6.07 Å². The van der Waals surface area contributed by atoms with Crippen molar-refractivity contribution in [3.63, 3.8) is 0 Å². The number of likely N-dealkylation sites (tertiary alicyclic amines) is 1. The van der Waals surface area contributed by atoms with Crippen molar-refractivity contribution in [3.05, 3.63) is 52.8 Å². The Bertz CT molecular complexity index is 1040. The second-order valence-corrected chi connectivity index (χ2v) is 9.05. The smallest absolute Gasteiger partial charge is 0.351 e. The molecule has 0 aliphatic carbocycles. The van der Waals surface area contributed by atoms with E-state index in [4.69, 9.17) is 0 Å². The Morgan fingerprint density at radius 2 is 2.00 bits per heavy atom. The Labute approximate surface area is 196 Å². The van der Waals surface area contributed by atoms with Crippen LogP contribution >= 0.6 is 0 Å². The number of rotatable bonds is 7. The summed E-state index contributed by atoms with van der Waals surface area (Å²) in [7, 11) is 0. The van der Waals surface area contributed by atoms with Crippen LogP contribution in [0, 0.1) is 0 Å².